The molecule has 0 N–H and O–H groups in total. The SMILES string of the molecule is O=C(Br)C12CC3CC(CC1C3)C2. The number of halogens is 1. The van der Waals surface area contributed by atoms with Gasteiger partial charge >= 0.3 is 0 Å². The van der Waals surface area contributed by atoms with E-state index in [2.05, 4.69) is 15.9 Å². The molecule has 0 radical (unpaired) electrons. The fourth-order valence-electron chi connectivity index (χ4n) is 4.12. The van der Waals surface area contributed by atoms with Crippen molar-refractivity contribution in [1.82, 2.24) is 0 Å². The second kappa shape index (κ2) is 2.14. The molecule has 4 saturated carbocycles. The van der Waals surface area contributed by atoms with Crippen LogP contribution in [0.2, 0.25) is 0 Å². The Kier molecular flexibility index (Phi) is 1.35. The molecule has 0 heterocycles. The summed E-state index contributed by atoms with van der Waals surface area (Å²) >= 11 is 3.21. The van der Waals surface area contributed by atoms with Crippen LogP contribution in [0.1, 0.15) is 32.1 Å². The molecule has 2 unspecified atom stereocenters. The van der Waals surface area contributed by atoms with Crippen molar-refractivity contribution in [2.24, 2.45) is 23.2 Å². The second-order valence-electron chi connectivity index (χ2n) is 4.97. The lowest BCUT2D eigenvalue weighted by atomic mass is 9.77. The topological polar surface area (TPSA) is 17.1 Å². The summed E-state index contributed by atoms with van der Waals surface area (Å²) in [4.78, 5) is 11.5. The minimum atomic E-state index is 0.105. The summed E-state index contributed by atoms with van der Waals surface area (Å²) in [7, 11) is 0. The first-order valence-electron chi connectivity index (χ1n) is 4.90. The highest BCUT2D eigenvalue weighted by Gasteiger charge is 2.60. The maximum Gasteiger partial charge on any atom is 0.204 e. The Hall–Kier alpha value is 0.150. The average molecular weight is 229 g/mol. The number of carbonyl (C=O) groups is 1. The van der Waals surface area contributed by atoms with Crippen LogP contribution >= 0.6 is 15.9 Å². The molecule has 12 heavy (non-hydrogen) atoms. The Morgan fingerprint density at radius 3 is 2.17 bits per heavy atom. The van der Waals surface area contributed by atoms with E-state index in [1.807, 2.05) is 0 Å². The molecule has 0 aromatic rings. The van der Waals surface area contributed by atoms with Gasteiger partial charge in [-0.1, -0.05) is 0 Å². The fourth-order valence-corrected chi connectivity index (χ4v) is 4.76. The Bertz CT molecular complexity index is 234. The van der Waals surface area contributed by atoms with Gasteiger partial charge in [-0.15, -0.1) is 0 Å². The van der Waals surface area contributed by atoms with Gasteiger partial charge in [-0.05, 0) is 65.8 Å². The van der Waals surface area contributed by atoms with Gasteiger partial charge in [-0.25, -0.2) is 0 Å². The van der Waals surface area contributed by atoms with Gasteiger partial charge < -0.3 is 0 Å². The molecule has 4 aliphatic carbocycles. The standard InChI is InChI=1S/C10H13BrO/c11-9(12)10-4-6-1-7(5-10)3-8(10)2-6/h6-8H,1-5H2. The van der Waals surface area contributed by atoms with E-state index >= 15 is 0 Å². The minimum Gasteiger partial charge on any atom is -0.286 e. The van der Waals surface area contributed by atoms with Crippen LogP contribution in [0.15, 0.2) is 0 Å². The molecule has 1 nitrogen and oxygen atoms in total. The Labute approximate surface area is 81.0 Å². The number of rotatable bonds is 1. The highest BCUT2D eigenvalue weighted by molar-refractivity contribution is 9.18. The van der Waals surface area contributed by atoms with E-state index < -0.39 is 0 Å². The zero-order chi connectivity index (χ0) is 8.34. The zero-order valence-electron chi connectivity index (χ0n) is 7.05. The smallest absolute Gasteiger partial charge is 0.204 e. The lowest BCUT2D eigenvalue weighted by molar-refractivity contribution is -0.120. The van der Waals surface area contributed by atoms with Gasteiger partial charge in [0.15, 0.2) is 0 Å². The van der Waals surface area contributed by atoms with Crippen LogP contribution in [0, 0.1) is 23.2 Å². The lowest BCUT2D eigenvalue weighted by Gasteiger charge is -2.29. The van der Waals surface area contributed by atoms with E-state index in [0.29, 0.717) is 4.69 Å². The van der Waals surface area contributed by atoms with Gasteiger partial charge in [0.1, 0.15) is 0 Å². The summed E-state index contributed by atoms with van der Waals surface area (Å²) in [5.41, 5.74) is 0.105. The van der Waals surface area contributed by atoms with E-state index in [9.17, 15) is 4.79 Å². The molecule has 4 rings (SSSR count). The summed E-state index contributed by atoms with van der Waals surface area (Å²) in [6.45, 7) is 0. The van der Waals surface area contributed by atoms with Crippen molar-refractivity contribution >= 4 is 20.6 Å². The fraction of sp³-hybridized carbons (Fsp3) is 0.900. The van der Waals surface area contributed by atoms with Crippen molar-refractivity contribution in [3.63, 3.8) is 0 Å². The maximum absolute atomic E-state index is 11.5. The minimum absolute atomic E-state index is 0.105. The molecule has 0 amide bonds. The summed E-state index contributed by atoms with van der Waals surface area (Å²) in [5.74, 6) is 2.53. The molecule has 0 saturated heterocycles. The molecular weight excluding hydrogens is 216 g/mol. The van der Waals surface area contributed by atoms with E-state index in [4.69, 9.17) is 0 Å². The van der Waals surface area contributed by atoms with Gasteiger partial charge in [0.25, 0.3) is 0 Å². The highest BCUT2D eigenvalue weighted by atomic mass is 79.9. The Morgan fingerprint density at radius 2 is 1.75 bits per heavy atom. The largest absolute Gasteiger partial charge is 0.286 e. The van der Waals surface area contributed by atoms with E-state index in [-0.39, 0.29) is 5.41 Å². The molecule has 66 valence electrons. The molecular formula is C10H13BrO. The van der Waals surface area contributed by atoms with Crippen molar-refractivity contribution in [2.75, 3.05) is 0 Å². The monoisotopic (exact) mass is 228 g/mol. The lowest BCUT2D eigenvalue weighted by Crippen LogP contribution is -2.28. The van der Waals surface area contributed by atoms with Gasteiger partial charge in [0.2, 0.25) is 4.69 Å². The first kappa shape index (κ1) is 7.54. The predicted molar refractivity (Wildman–Crippen MR) is 49.9 cm³/mol. The first-order valence-corrected chi connectivity index (χ1v) is 5.70. The third kappa shape index (κ3) is 0.729. The maximum atomic E-state index is 11.5. The molecule has 2 atom stereocenters. The molecule has 0 aromatic heterocycles. The van der Waals surface area contributed by atoms with Crippen molar-refractivity contribution in [3.05, 3.63) is 0 Å². The van der Waals surface area contributed by atoms with Crippen molar-refractivity contribution in [2.45, 2.75) is 32.1 Å². The number of hydrogen-bond donors (Lipinski definition) is 0. The van der Waals surface area contributed by atoms with Gasteiger partial charge in [0, 0.05) is 5.41 Å². The summed E-state index contributed by atoms with van der Waals surface area (Å²) in [5, 5.41) is 0. The zero-order valence-corrected chi connectivity index (χ0v) is 8.64. The van der Waals surface area contributed by atoms with Crippen LogP contribution in [0.3, 0.4) is 0 Å². The van der Waals surface area contributed by atoms with Gasteiger partial charge in [-0.2, -0.15) is 0 Å². The summed E-state index contributed by atoms with van der Waals surface area (Å²) in [6, 6.07) is 0. The third-order valence-corrected chi connectivity index (χ3v) is 5.17. The first-order chi connectivity index (χ1) is 5.71. The third-order valence-electron chi connectivity index (χ3n) is 4.38. The summed E-state index contributed by atoms with van der Waals surface area (Å²) < 4.78 is 0.310. The number of hydrogen-bond acceptors (Lipinski definition) is 1. The molecule has 4 aliphatic rings. The van der Waals surface area contributed by atoms with E-state index in [0.717, 1.165) is 17.8 Å². The van der Waals surface area contributed by atoms with Gasteiger partial charge in [0.05, 0.1) is 0 Å². The molecule has 2 heteroatoms. The summed E-state index contributed by atoms with van der Waals surface area (Å²) in [6.07, 6.45) is 6.48. The van der Waals surface area contributed by atoms with Crippen LogP contribution in [-0.4, -0.2) is 4.69 Å². The van der Waals surface area contributed by atoms with Crippen molar-refractivity contribution in [3.8, 4) is 0 Å². The van der Waals surface area contributed by atoms with Crippen LogP contribution in [-0.2, 0) is 4.79 Å². The highest BCUT2D eigenvalue weighted by Crippen LogP contribution is 2.66. The van der Waals surface area contributed by atoms with Crippen molar-refractivity contribution < 1.29 is 4.79 Å². The van der Waals surface area contributed by atoms with Crippen molar-refractivity contribution in [1.29, 1.82) is 0 Å². The van der Waals surface area contributed by atoms with Crippen LogP contribution in [0.5, 0.6) is 0 Å². The normalized spacial score (nSPS) is 54.9. The number of carbonyl (C=O) groups excluding carboxylic acids is 1. The molecule has 0 spiro atoms. The second-order valence-corrected chi connectivity index (χ2v) is 5.69. The van der Waals surface area contributed by atoms with Crippen LogP contribution < -0.4 is 0 Å². The van der Waals surface area contributed by atoms with Gasteiger partial charge in [-0.3, -0.25) is 4.79 Å². The Morgan fingerprint density at radius 1 is 1.17 bits per heavy atom. The van der Waals surface area contributed by atoms with Crippen LogP contribution in [0.25, 0.3) is 0 Å². The molecule has 0 aromatic carbocycles. The van der Waals surface area contributed by atoms with E-state index in [1.165, 1.54) is 32.1 Å². The average Bonchev–Trinajstić information content (AvgIpc) is 2.37. The Balaban J connectivity index is 2.03. The van der Waals surface area contributed by atoms with Crippen LogP contribution in [0.4, 0.5) is 0 Å². The quantitative estimate of drug-likeness (QED) is 0.632. The predicted octanol–water partition coefficient (Wildman–Crippen LogP) is 2.73. The van der Waals surface area contributed by atoms with E-state index in [1.54, 1.807) is 0 Å². The molecule has 4 bridgehead atoms. The molecule has 0 aliphatic heterocycles. The molecule has 4 fully saturated rings.